The van der Waals surface area contributed by atoms with Crippen LogP contribution >= 0.6 is 0 Å². The normalized spacial score (nSPS) is 10.8. The third-order valence-electron chi connectivity index (χ3n) is 5.60. The second-order valence-electron chi connectivity index (χ2n) is 8.09. The Kier molecular flexibility index (Phi) is 7.27. The molecule has 180 valence electrons. The second-order valence-corrected chi connectivity index (χ2v) is 8.09. The van der Waals surface area contributed by atoms with Crippen molar-refractivity contribution in [3.05, 3.63) is 82.9 Å². The predicted molar refractivity (Wildman–Crippen MR) is 132 cm³/mol. The van der Waals surface area contributed by atoms with Crippen LogP contribution in [-0.4, -0.2) is 33.1 Å². The van der Waals surface area contributed by atoms with Gasteiger partial charge in [0.1, 0.15) is 22.7 Å². The van der Waals surface area contributed by atoms with E-state index in [0.29, 0.717) is 41.8 Å². The average Bonchev–Trinajstić information content (AvgIpc) is 3.33. The molecule has 4 rings (SSSR count). The van der Waals surface area contributed by atoms with Crippen molar-refractivity contribution >= 4 is 22.7 Å². The maximum absolute atomic E-state index is 12.8. The number of aromatic nitrogens is 2. The molecule has 0 radical (unpaired) electrons. The highest BCUT2D eigenvalue weighted by molar-refractivity contribution is 6.03. The van der Waals surface area contributed by atoms with Crippen molar-refractivity contribution in [3.63, 3.8) is 0 Å². The zero-order chi connectivity index (χ0) is 24.8. The molecule has 0 saturated heterocycles. The largest absolute Gasteiger partial charge is 0.457 e. The summed E-state index contributed by atoms with van der Waals surface area (Å²) in [6.45, 7) is 0.353. The van der Waals surface area contributed by atoms with Gasteiger partial charge in [-0.05, 0) is 37.1 Å². The minimum atomic E-state index is -0.466. The Labute approximate surface area is 201 Å². The Bertz CT molecular complexity index is 1410. The number of rotatable bonds is 9. The summed E-state index contributed by atoms with van der Waals surface area (Å²) in [5, 5.41) is 11.9. The van der Waals surface area contributed by atoms with Crippen LogP contribution in [0.15, 0.2) is 71.7 Å². The first-order chi connectivity index (χ1) is 17.0. The zero-order valence-corrected chi connectivity index (χ0v) is 19.2. The highest BCUT2D eigenvalue weighted by atomic mass is 16.5. The molecule has 2 amide bonds. The molecule has 2 heterocycles. The maximum Gasteiger partial charge on any atom is 0.274 e. The number of hydrogen-bond acceptors (Lipinski definition) is 5. The van der Waals surface area contributed by atoms with E-state index in [1.54, 1.807) is 24.8 Å². The lowest BCUT2D eigenvalue weighted by molar-refractivity contribution is -0.129. The third kappa shape index (κ3) is 5.42. The number of pyridine rings is 1. The molecular formula is C26H26N4O5. The van der Waals surface area contributed by atoms with Gasteiger partial charge in [0, 0.05) is 42.7 Å². The number of nitrogens with one attached hydrogen (secondary N) is 3. The summed E-state index contributed by atoms with van der Waals surface area (Å²) in [5.74, 6) is 0.492. The zero-order valence-electron chi connectivity index (χ0n) is 19.2. The highest BCUT2D eigenvalue weighted by Gasteiger charge is 2.18. The Hall–Kier alpha value is -4.37. The van der Waals surface area contributed by atoms with Crippen LogP contribution in [0.1, 0.15) is 29.8 Å². The molecule has 4 aromatic rings. The highest BCUT2D eigenvalue weighted by Crippen LogP contribution is 2.36. The van der Waals surface area contributed by atoms with Gasteiger partial charge in [0.2, 0.25) is 5.91 Å². The van der Waals surface area contributed by atoms with Gasteiger partial charge in [-0.1, -0.05) is 36.4 Å². The first kappa shape index (κ1) is 23.8. The molecule has 0 aliphatic heterocycles. The molecule has 0 saturated carbocycles. The molecule has 9 heteroatoms. The Balaban J connectivity index is 1.62. The molecule has 35 heavy (non-hydrogen) atoms. The van der Waals surface area contributed by atoms with Gasteiger partial charge in [0.15, 0.2) is 0 Å². The van der Waals surface area contributed by atoms with E-state index >= 15 is 0 Å². The monoisotopic (exact) mass is 474 g/mol. The molecule has 0 spiro atoms. The van der Waals surface area contributed by atoms with Crippen LogP contribution in [0.2, 0.25) is 0 Å². The summed E-state index contributed by atoms with van der Waals surface area (Å²) in [6.07, 6.45) is 2.99. The van der Waals surface area contributed by atoms with Crippen LogP contribution < -0.4 is 21.1 Å². The van der Waals surface area contributed by atoms with Crippen LogP contribution in [-0.2, 0) is 11.8 Å². The van der Waals surface area contributed by atoms with Crippen molar-refractivity contribution in [2.75, 3.05) is 6.54 Å². The van der Waals surface area contributed by atoms with Crippen LogP contribution in [0.4, 0.5) is 0 Å². The van der Waals surface area contributed by atoms with Crippen LogP contribution in [0.25, 0.3) is 22.0 Å². The van der Waals surface area contributed by atoms with Crippen molar-refractivity contribution in [3.8, 4) is 22.6 Å². The van der Waals surface area contributed by atoms with E-state index in [9.17, 15) is 14.4 Å². The summed E-state index contributed by atoms with van der Waals surface area (Å²) in [5.41, 5.74) is 3.45. The van der Waals surface area contributed by atoms with Crippen molar-refractivity contribution in [2.45, 2.75) is 19.3 Å². The van der Waals surface area contributed by atoms with Gasteiger partial charge >= 0.3 is 0 Å². The predicted octanol–water partition coefficient (Wildman–Crippen LogP) is 3.73. The lowest BCUT2D eigenvalue weighted by atomic mass is 10.0. The number of carbonyl (C=O) groups excluding carboxylic acids is 2. The SMILES string of the molecule is Cn1cc(-c2ccccc2Oc2ccccc2)c2cc(C(=O)NCCCCC(=O)NO)[nH]c2c1=O. The minimum absolute atomic E-state index is 0.169. The van der Waals surface area contributed by atoms with Crippen molar-refractivity contribution < 1.29 is 19.5 Å². The van der Waals surface area contributed by atoms with Crippen LogP contribution in [0.3, 0.4) is 0 Å². The van der Waals surface area contributed by atoms with Gasteiger partial charge in [-0.2, -0.15) is 0 Å². The van der Waals surface area contributed by atoms with Gasteiger partial charge < -0.3 is 19.6 Å². The molecule has 0 aliphatic rings. The molecule has 0 atom stereocenters. The van der Waals surface area contributed by atoms with Gasteiger partial charge in [0.25, 0.3) is 11.5 Å². The Morgan fingerprint density at radius 1 is 1.03 bits per heavy atom. The number of hydroxylamine groups is 1. The molecule has 0 aliphatic carbocycles. The number of benzene rings is 2. The standard InChI is InChI=1S/C26H26N4O5/c1-30-16-20(18-11-5-6-12-22(18)35-17-9-3-2-4-10-17)19-15-21(28-24(19)26(30)33)25(32)27-14-8-7-13-23(31)29-34/h2-6,9-12,15-16,28,34H,7-8,13-14H2,1H3,(H,27,32)(H,29,31). The number of carbonyl (C=O) groups is 2. The number of aromatic amines is 1. The summed E-state index contributed by atoms with van der Waals surface area (Å²) in [6, 6.07) is 18.6. The molecule has 4 N–H and O–H groups in total. The second kappa shape index (κ2) is 10.7. The van der Waals surface area contributed by atoms with E-state index < -0.39 is 5.91 Å². The first-order valence-electron chi connectivity index (χ1n) is 11.2. The van der Waals surface area contributed by atoms with Crippen molar-refractivity contribution in [1.82, 2.24) is 20.3 Å². The number of fused-ring (bicyclic) bond motifs is 1. The third-order valence-corrected chi connectivity index (χ3v) is 5.60. The van der Waals surface area contributed by atoms with Crippen LogP contribution in [0, 0.1) is 0 Å². The van der Waals surface area contributed by atoms with Crippen LogP contribution in [0.5, 0.6) is 11.5 Å². The fourth-order valence-electron chi connectivity index (χ4n) is 3.83. The first-order valence-corrected chi connectivity index (χ1v) is 11.2. The van der Waals surface area contributed by atoms with Gasteiger partial charge in [-0.3, -0.25) is 19.6 Å². The van der Waals surface area contributed by atoms with E-state index in [2.05, 4.69) is 10.3 Å². The van der Waals surface area contributed by atoms with E-state index in [1.165, 1.54) is 4.57 Å². The van der Waals surface area contributed by atoms with Crippen molar-refractivity contribution in [2.24, 2.45) is 7.05 Å². The molecule has 2 aromatic carbocycles. The molecule has 9 nitrogen and oxygen atoms in total. The number of amides is 2. The maximum atomic E-state index is 12.8. The quantitative estimate of drug-likeness (QED) is 0.167. The fraction of sp³-hybridized carbons (Fsp3) is 0.192. The molecule has 0 bridgehead atoms. The number of H-pyrrole nitrogens is 1. The average molecular weight is 475 g/mol. The molecule has 0 unspecified atom stereocenters. The van der Waals surface area contributed by atoms with E-state index in [4.69, 9.17) is 9.94 Å². The Morgan fingerprint density at radius 2 is 1.77 bits per heavy atom. The lowest BCUT2D eigenvalue weighted by Crippen LogP contribution is -2.25. The van der Waals surface area contributed by atoms with E-state index in [-0.39, 0.29) is 23.6 Å². The smallest absolute Gasteiger partial charge is 0.274 e. The van der Waals surface area contributed by atoms with E-state index in [1.807, 2.05) is 54.6 Å². The number of ether oxygens (including phenoxy) is 1. The number of para-hydroxylation sites is 2. The number of hydrogen-bond donors (Lipinski definition) is 4. The number of aryl methyl sites for hydroxylation is 1. The summed E-state index contributed by atoms with van der Waals surface area (Å²) in [7, 11) is 1.66. The minimum Gasteiger partial charge on any atom is -0.457 e. The van der Waals surface area contributed by atoms with Crippen molar-refractivity contribution in [1.29, 1.82) is 0 Å². The van der Waals surface area contributed by atoms with E-state index in [0.717, 1.165) is 11.1 Å². The lowest BCUT2D eigenvalue weighted by Gasteiger charge is -2.13. The molecular weight excluding hydrogens is 448 g/mol. The van der Waals surface area contributed by atoms with Gasteiger partial charge in [-0.15, -0.1) is 0 Å². The number of unbranched alkanes of at least 4 members (excludes halogenated alkanes) is 1. The molecule has 0 fully saturated rings. The molecule has 2 aromatic heterocycles. The Morgan fingerprint density at radius 3 is 2.54 bits per heavy atom. The summed E-state index contributed by atoms with van der Waals surface area (Å²) >= 11 is 0. The van der Waals surface area contributed by atoms with Gasteiger partial charge in [0.05, 0.1) is 0 Å². The number of nitrogens with zero attached hydrogens (tertiary/aromatic N) is 1. The topological polar surface area (TPSA) is 125 Å². The summed E-state index contributed by atoms with van der Waals surface area (Å²) in [4.78, 5) is 39.6. The fourth-order valence-corrected chi connectivity index (χ4v) is 3.83. The summed E-state index contributed by atoms with van der Waals surface area (Å²) < 4.78 is 7.59. The van der Waals surface area contributed by atoms with Gasteiger partial charge in [-0.25, -0.2) is 5.48 Å².